The van der Waals surface area contributed by atoms with E-state index >= 15 is 0 Å². The van der Waals surface area contributed by atoms with E-state index in [4.69, 9.17) is 11.6 Å². The minimum absolute atomic E-state index is 0.223. The molecular weight excluding hydrogens is 196 g/mol. The fourth-order valence-electron chi connectivity index (χ4n) is 1.34. The van der Waals surface area contributed by atoms with Crippen LogP contribution in [0.5, 0.6) is 0 Å². The van der Waals surface area contributed by atoms with Crippen LogP contribution in [0.15, 0.2) is 54.1 Å². The predicted octanol–water partition coefficient (Wildman–Crippen LogP) is 3.74. The second-order valence-corrected chi connectivity index (χ2v) is 3.41. The topological polar surface area (TPSA) is 20.2 Å². The Balaban J connectivity index is 2.51. The Morgan fingerprint density at radius 2 is 1.71 bits per heavy atom. The van der Waals surface area contributed by atoms with Crippen molar-refractivity contribution in [3.63, 3.8) is 0 Å². The van der Waals surface area contributed by atoms with Gasteiger partial charge in [0.05, 0.1) is 5.02 Å². The van der Waals surface area contributed by atoms with Crippen LogP contribution in [0.1, 0.15) is 5.56 Å². The van der Waals surface area contributed by atoms with Crippen molar-refractivity contribution < 1.29 is 5.11 Å². The lowest BCUT2D eigenvalue weighted by atomic mass is 10.1. The molecule has 0 atom stereocenters. The van der Waals surface area contributed by atoms with Gasteiger partial charge in [0.2, 0.25) is 0 Å². The molecule has 1 nitrogen and oxygen atoms in total. The van der Waals surface area contributed by atoms with Crippen LogP contribution >= 0.6 is 11.6 Å². The minimum atomic E-state index is 0.223. The zero-order valence-electron chi connectivity index (χ0n) is 7.44. The summed E-state index contributed by atoms with van der Waals surface area (Å²) in [5.74, 6) is 0.223. The highest BCUT2D eigenvalue weighted by Gasteiger charge is 2.08. The van der Waals surface area contributed by atoms with E-state index in [2.05, 4.69) is 0 Å². The molecule has 1 aliphatic carbocycles. The van der Waals surface area contributed by atoms with Gasteiger partial charge < -0.3 is 5.11 Å². The third kappa shape index (κ3) is 1.59. The first-order valence-electron chi connectivity index (χ1n) is 4.32. The third-order valence-electron chi connectivity index (χ3n) is 2.07. The lowest BCUT2D eigenvalue weighted by molar-refractivity contribution is 0.509. The second kappa shape index (κ2) is 3.72. The number of aliphatic hydroxyl groups excluding tert-OH is 1. The molecule has 0 saturated heterocycles. The maximum atomic E-state index is 9.89. The monoisotopic (exact) mass is 204 g/mol. The Hall–Kier alpha value is -1.47. The molecular formula is C12H9ClO. The minimum Gasteiger partial charge on any atom is -0.507 e. The largest absolute Gasteiger partial charge is 0.507 e. The molecule has 2 heteroatoms. The number of hydrogen-bond acceptors (Lipinski definition) is 1. The molecule has 0 amide bonds. The van der Waals surface area contributed by atoms with E-state index in [1.807, 2.05) is 36.4 Å². The molecule has 0 radical (unpaired) electrons. The molecule has 1 aliphatic rings. The first-order chi connectivity index (χ1) is 6.79. The average Bonchev–Trinajstić information content (AvgIpc) is 2.70. The van der Waals surface area contributed by atoms with Crippen molar-refractivity contribution >= 4 is 17.4 Å². The van der Waals surface area contributed by atoms with E-state index < -0.39 is 0 Å². The average molecular weight is 205 g/mol. The first kappa shape index (κ1) is 9.10. The standard InChI is InChI=1S/C12H9ClO/c13-11-8-4-3-7-10(11)12(14)9-5-1-2-6-9/h1-8,14H. The molecule has 0 unspecified atom stereocenters. The van der Waals surface area contributed by atoms with Crippen molar-refractivity contribution in [2.24, 2.45) is 0 Å². The van der Waals surface area contributed by atoms with Crippen LogP contribution in [0, 0.1) is 0 Å². The summed E-state index contributed by atoms with van der Waals surface area (Å²) in [5, 5.41) is 10.5. The molecule has 0 heterocycles. The Bertz CT molecular complexity index is 427. The van der Waals surface area contributed by atoms with Gasteiger partial charge >= 0.3 is 0 Å². The molecule has 14 heavy (non-hydrogen) atoms. The highest BCUT2D eigenvalue weighted by atomic mass is 35.5. The van der Waals surface area contributed by atoms with Gasteiger partial charge in [-0.05, 0) is 12.1 Å². The van der Waals surface area contributed by atoms with Crippen molar-refractivity contribution in [2.75, 3.05) is 0 Å². The van der Waals surface area contributed by atoms with Crippen molar-refractivity contribution in [1.82, 2.24) is 0 Å². The SMILES string of the molecule is OC(=C1C=CC=C1)c1ccccc1Cl. The van der Waals surface area contributed by atoms with Crippen molar-refractivity contribution in [3.05, 3.63) is 64.7 Å². The third-order valence-corrected chi connectivity index (χ3v) is 2.39. The molecule has 0 spiro atoms. The number of aliphatic hydroxyl groups is 1. The van der Waals surface area contributed by atoms with Crippen LogP contribution in [-0.4, -0.2) is 5.11 Å². The van der Waals surface area contributed by atoms with Gasteiger partial charge in [0.1, 0.15) is 5.76 Å². The highest BCUT2D eigenvalue weighted by Crippen LogP contribution is 2.26. The summed E-state index contributed by atoms with van der Waals surface area (Å²) in [6.07, 6.45) is 7.45. The first-order valence-corrected chi connectivity index (χ1v) is 4.70. The van der Waals surface area contributed by atoms with E-state index in [1.165, 1.54) is 0 Å². The van der Waals surface area contributed by atoms with Gasteiger partial charge in [-0.1, -0.05) is 48.0 Å². The molecule has 0 saturated carbocycles. The summed E-state index contributed by atoms with van der Waals surface area (Å²) < 4.78 is 0. The van der Waals surface area contributed by atoms with Gasteiger partial charge in [-0.3, -0.25) is 0 Å². The summed E-state index contributed by atoms with van der Waals surface area (Å²) in [4.78, 5) is 0. The van der Waals surface area contributed by atoms with E-state index in [0.29, 0.717) is 10.6 Å². The lowest BCUT2D eigenvalue weighted by Crippen LogP contribution is -1.87. The molecule has 2 rings (SSSR count). The van der Waals surface area contributed by atoms with Crippen LogP contribution < -0.4 is 0 Å². The van der Waals surface area contributed by atoms with E-state index in [1.54, 1.807) is 12.1 Å². The van der Waals surface area contributed by atoms with Crippen molar-refractivity contribution in [3.8, 4) is 0 Å². The number of rotatable bonds is 1. The fourth-order valence-corrected chi connectivity index (χ4v) is 1.57. The molecule has 0 aromatic heterocycles. The molecule has 1 aromatic carbocycles. The van der Waals surface area contributed by atoms with Gasteiger partial charge in [-0.15, -0.1) is 0 Å². The lowest BCUT2D eigenvalue weighted by Gasteiger charge is -2.04. The Morgan fingerprint density at radius 3 is 2.36 bits per heavy atom. The van der Waals surface area contributed by atoms with E-state index in [9.17, 15) is 5.11 Å². The van der Waals surface area contributed by atoms with Crippen LogP contribution in [0.3, 0.4) is 0 Å². The van der Waals surface area contributed by atoms with Gasteiger partial charge in [0, 0.05) is 11.1 Å². The Labute approximate surface area is 87.6 Å². The number of halogens is 1. The van der Waals surface area contributed by atoms with Crippen molar-refractivity contribution in [2.45, 2.75) is 0 Å². The van der Waals surface area contributed by atoms with E-state index in [0.717, 1.165) is 5.57 Å². The molecule has 1 N–H and O–H groups in total. The quantitative estimate of drug-likeness (QED) is 0.691. The van der Waals surface area contributed by atoms with Crippen LogP contribution in [0.4, 0.5) is 0 Å². The highest BCUT2D eigenvalue weighted by molar-refractivity contribution is 6.32. The molecule has 1 aromatic rings. The Morgan fingerprint density at radius 1 is 1.07 bits per heavy atom. The van der Waals surface area contributed by atoms with E-state index in [-0.39, 0.29) is 5.76 Å². The molecule has 0 aliphatic heterocycles. The second-order valence-electron chi connectivity index (χ2n) is 3.00. The van der Waals surface area contributed by atoms with Crippen LogP contribution in [0.25, 0.3) is 5.76 Å². The molecule has 0 fully saturated rings. The molecule has 0 bridgehead atoms. The normalized spacial score (nSPS) is 13.6. The zero-order chi connectivity index (χ0) is 9.97. The summed E-state index contributed by atoms with van der Waals surface area (Å²) in [6.45, 7) is 0. The van der Waals surface area contributed by atoms with Gasteiger partial charge in [-0.2, -0.15) is 0 Å². The summed E-state index contributed by atoms with van der Waals surface area (Å²) in [7, 11) is 0. The van der Waals surface area contributed by atoms with Crippen LogP contribution in [-0.2, 0) is 0 Å². The maximum absolute atomic E-state index is 9.89. The van der Waals surface area contributed by atoms with Crippen molar-refractivity contribution in [1.29, 1.82) is 0 Å². The fraction of sp³-hybridized carbons (Fsp3) is 0. The smallest absolute Gasteiger partial charge is 0.131 e. The predicted molar refractivity (Wildman–Crippen MR) is 59.3 cm³/mol. The van der Waals surface area contributed by atoms with Gasteiger partial charge in [0.15, 0.2) is 0 Å². The Kier molecular flexibility index (Phi) is 2.42. The zero-order valence-corrected chi connectivity index (χ0v) is 8.20. The van der Waals surface area contributed by atoms with Gasteiger partial charge in [-0.25, -0.2) is 0 Å². The summed E-state index contributed by atoms with van der Waals surface area (Å²) in [5.41, 5.74) is 1.46. The van der Waals surface area contributed by atoms with Crippen LogP contribution in [0.2, 0.25) is 5.02 Å². The maximum Gasteiger partial charge on any atom is 0.131 e. The summed E-state index contributed by atoms with van der Waals surface area (Å²) >= 11 is 5.96. The number of allylic oxidation sites excluding steroid dienone is 5. The number of hydrogen-bond donors (Lipinski definition) is 1. The molecule has 70 valence electrons. The van der Waals surface area contributed by atoms with Gasteiger partial charge in [0.25, 0.3) is 0 Å². The summed E-state index contributed by atoms with van der Waals surface area (Å²) in [6, 6.07) is 7.24. The number of benzene rings is 1.